The van der Waals surface area contributed by atoms with Crippen LogP contribution >= 0.6 is 0 Å². The van der Waals surface area contributed by atoms with Gasteiger partial charge in [0.05, 0.1) is 0 Å². The van der Waals surface area contributed by atoms with Crippen LogP contribution in [0.4, 0.5) is 0 Å². The second-order valence-electron chi connectivity index (χ2n) is 2.29. The minimum Gasteiger partial charge on any atom is -0.475 e. The highest BCUT2D eigenvalue weighted by atomic mass is 16.4. The molecular formula is C7H10N2O2. The first-order chi connectivity index (χ1) is 5.16. The summed E-state index contributed by atoms with van der Waals surface area (Å²) in [6.07, 6.45) is 2.39. The van der Waals surface area contributed by atoms with E-state index < -0.39 is 5.97 Å². The van der Waals surface area contributed by atoms with Crippen molar-refractivity contribution in [3.63, 3.8) is 0 Å². The van der Waals surface area contributed by atoms with Gasteiger partial charge in [-0.15, -0.1) is 0 Å². The van der Waals surface area contributed by atoms with E-state index in [2.05, 4.69) is 4.98 Å². The number of carbonyl (C=O) groups is 1. The van der Waals surface area contributed by atoms with Gasteiger partial charge in [0, 0.05) is 18.9 Å². The minimum absolute atomic E-state index is 0.0989. The largest absolute Gasteiger partial charge is 0.475 e. The summed E-state index contributed by atoms with van der Waals surface area (Å²) in [6, 6.07) is 0. The molecule has 0 saturated carbocycles. The van der Waals surface area contributed by atoms with Gasteiger partial charge >= 0.3 is 5.97 Å². The molecule has 0 atom stereocenters. The molecule has 0 bridgehead atoms. The quantitative estimate of drug-likeness (QED) is 0.681. The summed E-state index contributed by atoms with van der Waals surface area (Å²) < 4.78 is 1.59. The smallest absolute Gasteiger partial charge is 0.372 e. The molecule has 0 saturated heterocycles. The van der Waals surface area contributed by atoms with Gasteiger partial charge in [-0.3, -0.25) is 0 Å². The molecule has 0 unspecified atom stereocenters. The molecule has 4 nitrogen and oxygen atoms in total. The van der Waals surface area contributed by atoms with Crippen LogP contribution in [0, 0.1) is 0 Å². The van der Waals surface area contributed by atoms with Crippen molar-refractivity contribution in [3.8, 4) is 0 Å². The van der Waals surface area contributed by atoms with E-state index in [1.54, 1.807) is 17.8 Å². The number of aromatic carboxylic acids is 1. The van der Waals surface area contributed by atoms with E-state index in [9.17, 15) is 4.79 Å². The summed E-state index contributed by atoms with van der Waals surface area (Å²) in [6.45, 7) is 1.96. The van der Waals surface area contributed by atoms with Gasteiger partial charge < -0.3 is 9.67 Å². The summed E-state index contributed by atoms with van der Waals surface area (Å²) in [5, 5.41) is 8.59. The van der Waals surface area contributed by atoms with E-state index in [0.717, 1.165) is 12.1 Å². The maximum absolute atomic E-state index is 10.5. The van der Waals surface area contributed by atoms with Crippen molar-refractivity contribution in [3.05, 3.63) is 17.7 Å². The highest BCUT2D eigenvalue weighted by Crippen LogP contribution is 2.02. The maximum atomic E-state index is 10.5. The van der Waals surface area contributed by atoms with Gasteiger partial charge in [-0.2, -0.15) is 0 Å². The monoisotopic (exact) mass is 154 g/mol. The third-order valence-electron chi connectivity index (χ3n) is 1.64. The number of aryl methyl sites for hydroxylation is 1. The van der Waals surface area contributed by atoms with Crippen LogP contribution in [-0.4, -0.2) is 20.6 Å². The van der Waals surface area contributed by atoms with Crippen LogP contribution in [0.15, 0.2) is 6.20 Å². The summed E-state index contributed by atoms with van der Waals surface area (Å²) in [5.74, 6) is -0.881. The van der Waals surface area contributed by atoms with Gasteiger partial charge in [0.2, 0.25) is 5.82 Å². The number of imidazole rings is 1. The summed E-state index contributed by atoms with van der Waals surface area (Å²) in [4.78, 5) is 14.2. The van der Waals surface area contributed by atoms with Gasteiger partial charge in [0.1, 0.15) is 0 Å². The third-order valence-corrected chi connectivity index (χ3v) is 1.64. The molecule has 0 aliphatic carbocycles. The maximum Gasteiger partial charge on any atom is 0.372 e. The first kappa shape index (κ1) is 7.78. The molecule has 1 N–H and O–H groups in total. The van der Waals surface area contributed by atoms with Crippen LogP contribution in [0.25, 0.3) is 0 Å². The van der Waals surface area contributed by atoms with E-state index in [1.165, 1.54) is 0 Å². The summed E-state index contributed by atoms with van der Waals surface area (Å²) in [5.41, 5.74) is 0.933. The molecule has 0 aromatic carbocycles. The van der Waals surface area contributed by atoms with Gasteiger partial charge in [-0.1, -0.05) is 6.92 Å². The SMILES string of the molecule is CCc1cnc(C(=O)O)n1C. The lowest BCUT2D eigenvalue weighted by Crippen LogP contribution is -2.07. The van der Waals surface area contributed by atoms with E-state index in [0.29, 0.717) is 0 Å². The Kier molecular flexibility index (Phi) is 1.94. The average Bonchev–Trinajstić information content (AvgIpc) is 2.30. The first-order valence-corrected chi connectivity index (χ1v) is 3.40. The van der Waals surface area contributed by atoms with Crippen LogP contribution in [0.5, 0.6) is 0 Å². The van der Waals surface area contributed by atoms with Crippen LogP contribution in [0.2, 0.25) is 0 Å². The van der Waals surface area contributed by atoms with Crippen molar-refractivity contribution in [1.29, 1.82) is 0 Å². The highest BCUT2D eigenvalue weighted by Gasteiger charge is 2.10. The molecule has 0 radical (unpaired) electrons. The average molecular weight is 154 g/mol. The molecule has 1 aromatic rings. The molecule has 0 fully saturated rings. The second-order valence-corrected chi connectivity index (χ2v) is 2.29. The predicted molar refractivity (Wildman–Crippen MR) is 39.5 cm³/mol. The normalized spacial score (nSPS) is 10.0. The Hall–Kier alpha value is -1.32. The fourth-order valence-corrected chi connectivity index (χ4v) is 0.972. The fraction of sp³-hybridized carbons (Fsp3) is 0.429. The number of carboxylic acids is 1. The molecule has 1 heterocycles. The molecule has 4 heteroatoms. The minimum atomic E-state index is -0.979. The van der Waals surface area contributed by atoms with Crippen molar-refractivity contribution in [2.75, 3.05) is 0 Å². The Bertz CT molecular complexity index is 278. The Labute approximate surface area is 64.5 Å². The molecule has 11 heavy (non-hydrogen) atoms. The predicted octanol–water partition coefficient (Wildman–Crippen LogP) is 0.681. The molecule has 60 valence electrons. The summed E-state index contributed by atoms with van der Waals surface area (Å²) in [7, 11) is 1.70. The van der Waals surface area contributed by atoms with Crippen molar-refractivity contribution in [1.82, 2.24) is 9.55 Å². The van der Waals surface area contributed by atoms with Crippen molar-refractivity contribution in [2.24, 2.45) is 7.05 Å². The number of rotatable bonds is 2. The Morgan fingerprint density at radius 1 is 1.82 bits per heavy atom. The number of hydrogen-bond donors (Lipinski definition) is 1. The lowest BCUT2D eigenvalue weighted by molar-refractivity contribution is 0.0679. The Morgan fingerprint density at radius 2 is 2.45 bits per heavy atom. The lowest BCUT2D eigenvalue weighted by Gasteiger charge is -1.98. The van der Waals surface area contributed by atoms with Crippen molar-refractivity contribution in [2.45, 2.75) is 13.3 Å². The van der Waals surface area contributed by atoms with E-state index >= 15 is 0 Å². The topological polar surface area (TPSA) is 55.1 Å². The van der Waals surface area contributed by atoms with Gasteiger partial charge in [0.25, 0.3) is 0 Å². The van der Waals surface area contributed by atoms with E-state index in [1.807, 2.05) is 6.92 Å². The number of hydrogen-bond acceptors (Lipinski definition) is 2. The number of aromatic nitrogens is 2. The number of nitrogens with zero attached hydrogens (tertiary/aromatic N) is 2. The van der Waals surface area contributed by atoms with Crippen LogP contribution < -0.4 is 0 Å². The second kappa shape index (κ2) is 2.74. The third kappa shape index (κ3) is 1.24. The first-order valence-electron chi connectivity index (χ1n) is 3.40. The van der Waals surface area contributed by atoms with E-state index in [4.69, 9.17) is 5.11 Å². The molecule has 0 aliphatic heterocycles. The standard InChI is InChI=1S/C7H10N2O2/c1-3-5-4-8-6(7(10)11)9(5)2/h4H,3H2,1-2H3,(H,10,11). The highest BCUT2D eigenvalue weighted by molar-refractivity contribution is 5.83. The zero-order valence-corrected chi connectivity index (χ0v) is 6.53. The molecule has 0 spiro atoms. The van der Waals surface area contributed by atoms with Gasteiger partial charge in [-0.25, -0.2) is 9.78 Å². The number of carboxylic acid groups (broad SMARTS) is 1. The molecule has 0 aliphatic rings. The zero-order valence-electron chi connectivity index (χ0n) is 6.53. The van der Waals surface area contributed by atoms with Crippen LogP contribution in [0.3, 0.4) is 0 Å². The van der Waals surface area contributed by atoms with Crippen molar-refractivity contribution >= 4 is 5.97 Å². The molecule has 1 rings (SSSR count). The Morgan fingerprint density at radius 3 is 2.73 bits per heavy atom. The molecule has 1 aromatic heterocycles. The van der Waals surface area contributed by atoms with Gasteiger partial charge in [0.15, 0.2) is 0 Å². The molecule has 0 amide bonds. The Balaban J connectivity index is 3.10. The van der Waals surface area contributed by atoms with Crippen LogP contribution in [0.1, 0.15) is 23.2 Å². The van der Waals surface area contributed by atoms with E-state index in [-0.39, 0.29) is 5.82 Å². The van der Waals surface area contributed by atoms with Gasteiger partial charge in [-0.05, 0) is 6.42 Å². The lowest BCUT2D eigenvalue weighted by atomic mass is 10.4. The van der Waals surface area contributed by atoms with Crippen molar-refractivity contribution < 1.29 is 9.90 Å². The zero-order chi connectivity index (χ0) is 8.43. The fourth-order valence-electron chi connectivity index (χ4n) is 0.972. The molecular weight excluding hydrogens is 144 g/mol. The summed E-state index contributed by atoms with van der Waals surface area (Å²) >= 11 is 0. The van der Waals surface area contributed by atoms with Crippen LogP contribution in [-0.2, 0) is 13.5 Å².